The van der Waals surface area contributed by atoms with E-state index in [4.69, 9.17) is 16.3 Å². The van der Waals surface area contributed by atoms with E-state index < -0.39 is 6.10 Å². The summed E-state index contributed by atoms with van der Waals surface area (Å²) in [6, 6.07) is 4.67. The first-order valence-electron chi connectivity index (χ1n) is 6.50. The number of urea groups is 1. The molecule has 1 atom stereocenters. The van der Waals surface area contributed by atoms with Gasteiger partial charge in [-0.25, -0.2) is 4.79 Å². The molecule has 0 fully saturated rings. The quantitative estimate of drug-likeness (QED) is 0.756. The monoisotopic (exact) mass is 300 g/mol. The molecule has 0 aromatic heterocycles. The summed E-state index contributed by atoms with van der Waals surface area (Å²) in [5.74, 6) is 0.734. The summed E-state index contributed by atoms with van der Waals surface area (Å²) in [6.45, 7) is 4.28. The Labute approximate surface area is 124 Å². The first kappa shape index (κ1) is 16.6. The number of methoxy groups -OCH3 is 1. The largest absolute Gasteiger partial charge is 0.495 e. The first-order chi connectivity index (χ1) is 9.43. The maximum absolute atomic E-state index is 11.7. The Kier molecular flexibility index (Phi) is 6.61. The van der Waals surface area contributed by atoms with Gasteiger partial charge >= 0.3 is 6.03 Å². The minimum absolute atomic E-state index is 0.181. The lowest BCUT2D eigenvalue weighted by Crippen LogP contribution is -2.32. The van der Waals surface area contributed by atoms with Crippen LogP contribution in [0.25, 0.3) is 0 Å². The van der Waals surface area contributed by atoms with Gasteiger partial charge < -0.3 is 20.5 Å². The third-order valence-corrected chi connectivity index (χ3v) is 3.20. The number of aliphatic hydroxyl groups excluding tert-OH is 1. The second kappa shape index (κ2) is 7.97. The van der Waals surface area contributed by atoms with Gasteiger partial charge in [-0.15, -0.1) is 0 Å². The van der Waals surface area contributed by atoms with Gasteiger partial charge in [0, 0.05) is 12.2 Å². The zero-order valence-corrected chi connectivity index (χ0v) is 12.7. The number of rotatable bonds is 6. The van der Waals surface area contributed by atoms with Crippen LogP contribution in [0.3, 0.4) is 0 Å². The number of anilines is 1. The van der Waals surface area contributed by atoms with Gasteiger partial charge in [0.25, 0.3) is 0 Å². The molecule has 1 rings (SSSR count). The van der Waals surface area contributed by atoms with Gasteiger partial charge in [0.2, 0.25) is 0 Å². The van der Waals surface area contributed by atoms with Crippen molar-refractivity contribution in [1.82, 2.24) is 5.32 Å². The highest BCUT2D eigenvalue weighted by molar-refractivity contribution is 6.32. The fourth-order valence-corrected chi connectivity index (χ4v) is 1.84. The highest BCUT2D eigenvalue weighted by atomic mass is 35.5. The Hall–Kier alpha value is -1.46. The van der Waals surface area contributed by atoms with Crippen molar-refractivity contribution in [3.63, 3.8) is 0 Å². The van der Waals surface area contributed by atoms with Crippen LogP contribution in [-0.4, -0.2) is 30.9 Å². The molecule has 0 saturated carbocycles. The van der Waals surface area contributed by atoms with Gasteiger partial charge in [-0.3, -0.25) is 0 Å². The lowest BCUT2D eigenvalue weighted by Gasteiger charge is -2.15. The molecule has 0 aliphatic carbocycles. The molecule has 112 valence electrons. The SMILES string of the molecule is COc1ccc(NC(=O)NCCC(O)C(C)C)cc1Cl. The second-order valence-electron chi connectivity index (χ2n) is 4.83. The molecule has 20 heavy (non-hydrogen) atoms. The number of hydrogen-bond acceptors (Lipinski definition) is 3. The third-order valence-electron chi connectivity index (χ3n) is 2.90. The lowest BCUT2D eigenvalue weighted by molar-refractivity contribution is 0.117. The third kappa shape index (κ3) is 5.27. The van der Waals surface area contributed by atoms with E-state index in [1.165, 1.54) is 7.11 Å². The summed E-state index contributed by atoms with van der Waals surface area (Å²) in [6.07, 6.45) is 0.111. The summed E-state index contributed by atoms with van der Waals surface area (Å²) in [4.78, 5) is 11.7. The van der Waals surface area contributed by atoms with E-state index in [2.05, 4.69) is 10.6 Å². The van der Waals surface area contributed by atoms with Gasteiger partial charge in [-0.2, -0.15) is 0 Å². The average Bonchev–Trinajstić information content (AvgIpc) is 2.38. The van der Waals surface area contributed by atoms with Crippen molar-refractivity contribution in [2.75, 3.05) is 19.0 Å². The number of amides is 2. The van der Waals surface area contributed by atoms with Crippen molar-refractivity contribution in [1.29, 1.82) is 0 Å². The van der Waals surface area contributed by atoms with Gasteiger partial charge in [0.05, 0.1) is 18.2 Å². The van der Waals surface area contributed by atoms with Crippen LogP contribution < -0.4 is 15.4 Å². The zero-order chi connectivity index (χ0) is 15.1. The molecule has 0 heterocycles. The Morgan fingerprint density at radius 1 is 1.45 bits per heavy atom. The molecular weight excluding hydrogens is 280 g/mol. The number of carbonyl (C=O) groups is 1. The molecule has 6 heteroatoms. The van der Waals surface area contributed by atoms with Gasteiger partial charge in [-0.05, 0) is 30.5 Å². The molecule has 0 spiro atoms. The Morgan fingerprint density at radius 2 is 2.15 bits per heavy atom. The fourth-order valence-electron chi connectivity index (χ4n) is 1.59. The van der Waals surface area contributed by atoms with Crippen molar-refractivity contribution >= 4 is 23.3 Å². The number of benzene rings is 1. The van der Waals surface area contributed by atoms with Crippen molar-refractivity contribution in [3.05, 3.63) is 23.2 Å². The molecule has 0 saturated heterocycles. The van der Waals surface area contributed by atoms with Crippen molar-refractivity contribution < 1.29 is 14.6 Å². The van der Waals surface area contributed by atoms with Crippen LogP contribution in [0.2, 0.25) is 5.02 Å². The fraction of sp³-hybridized carbons (Fsp3) is 0.500. The normalized spacial score (nSPS) is 12.1. The van der Waals surface area contributed by atoms with Crippen LogP contribution in [-0.2, 0) is 0 Å². The van der Waals surface area contributed by atoms with Crippen LogP contribution >= 0.6 is 11.6 Å². The maximum Gasteiger partial charge on any atom is 0.319 e. The number of carbonyl (C=O) groups excluding carboxylic acids is 1. The van der Waals surface area contributed by atoms with Gasteiger partial charge in [0.1, 0.15) is 5.75 Å². The molecule has 1 unspecified atom stereocenters. The molecule has 0 radical (unpaired) electrons. The average molecular weight is 301 g/mol. The summed E-state index contributed by atoms with van der Waals surface area (Å²) >= 11 is 5.96. The zero-order valence-electron chi connectivity index (χ0n) is 11.9. The van der Waals surface area contributed by atoms with E-state index in [1.54, 1.807) is 18.2 Å². The van der Waals surface area contributed by atoms with Crippen molar-refractivity contribution in [3.8, 4) is 5.75 Å². The van der Waals surface area contributed by atoms with Crippen LogP contribution in [0.4, 0.5) is 10.5 Å². The predicted molar refractivity (Wildman–Crippen MR) is 80.5 cm³/mol. The highest BCUT2D eigenvalue weighted by Crippen LogP contribution is 2.27. The molecule has 5 nitrogen and oxygen atoms in total. The minimum Gasteiger partial charge on any atom is -0.495 e. The summed E-state index contributed by atoms with van der Waals surface area (Å²) in [5.41, 5.74) is 0.581. The van der Waals surface area contributed by atoms with E-state index in [0.29, 0.717) is 29.4 Å². The summed E-state index contributed by atoms with van der Waals surface area (Å²) in [7, 11) is 1.53. The van der Waals surface area contributed by atoms with E-state index >= 15 is 0 Å². The molecule has 3 N–H and O–H groups in total. The molecule has 0 aliphatic heterocycles. The molecule has 2 amide bonds. The lowest BCUT2D eigenvalue weighted by atomic mass is 10.0. The van der Waals surface area contributed by atoms with Crippen molar-refractivity contribution in [2.24, 2.45) is 5.92 Å². The smallest absolute Gasteiger partial charge is 0.319 e. The van der Waals surface area contributed by atoms with Crippen LogP contribution in [0.1, 0.15) is 20.3 Å². The van der Waals surface area contributed by atoms with Crippen LogP contribution in [0.5, 0.6) is 5.75 Å². The van der Waals surface area contributed by atoms with Crippen LogP contribution in [0, 0.1) is 5.92 Å². The second-order valence-corrected chi connectivity index (χ2v) is 5.24. The Bertz CT molecular complexity index is 452. The van der Waals surface area contributed by atoms with Gasteiger partial charge in [-0.1, -0.05) is 25.4 Å². The topological polar surface area (TPSA) is 70.6 Å². The number of ether oxygens (including phenoxy) is 1. The van der Waals surface area contributed by atoms with E-state index in [-0.39, 0.29) is 11.9 Å². The number of nitrogens with one attached hydrogen (secondary N) is 2. The molecular formula is C14H21ClN2O3. The highest BCUT2D eigenvalue weighted by Gasteiger charge is 2.10. The minimum atomic E-state index is -0.411. The Morgan fingerprint density at radius 3 is 2.70 bits per heavy atom. The first-order valence-corrected chi connectivity index (χ1v) is 6.88. The number of aliphatic hydroxyl groups is 1. The standard InChI is InChI=1S/C14H21ClN2O3/c1-9(2)12(18)6-7-16-14(19)17-10-4-5-13(20-3)11(15)8-10/h4-5,8-9,12,18H,6-7H2,1-3H3,(H2,16,17,19). The van der Waals surface area contributed by atoms with E-state index in [1.807, 2.05) is 13.8 Å². The number of hydrogen-bond donors (Lipinski definition) is 3. The van der Waals surface area contributed by atoms with Crippen molar-refractivity contribution in [2.45, 2.75) is 26.4 Å². The summed E-state index contributed by atoms with van der Waals surface area (Å²) < 4.78 is 5.03. The summed E-state index contributed by atoms with van der Waals surface area (Å²) in [5, 5.41) is 15.4. The van der Waals surface area contributed by atoms with Crippen LogP contribution in [0.15, 0.2) is 18.2 Å². The van der Waals surface area contributed by atoms with E-state index in [0.717, 1.165) is 0 Å². The van der Waals surface area contributed by atoms with Gasteiger partial charge in [0.15, 0.2) is 0 Å². The molecule has 0 aliphatic rings. The Balaban J connectivity index is 2.41. The van der Waals surface area contributed by atoms with E-state index in [9.17, 15) is 9.90 Å². The predicted octanol–water partition coefficient (Wildman–Crippen LogP) is 2.88. The molecule has 0 bridgehead atoms. The number of halogens is 1. The molecule has 1 aromatic carbocycles. The maximum atomic E-state index is 11.7. The molecule has 1 aromatic rings.